The number of hydrogen-bond donors (Lipinski definition) is 3. The molecule has 1 heterocycles. The first-order chi connectivity index (χ1) is 10.9. The van der Waals surface area contributed by atoms with Crippen LogP contribution in [0.3, 0.4) is 0 Å². The van der Waals surface area contributed by atoms with E-state index in [2.05, 4.69) is 15.7 Å². The van der Waals surface area contributed by atoms with E-state index in [-0.39, 0.29) is 12.6 Å². The van der Waals surface area contributed by atoms with Crippen LogP contribution in [0.5, 0.6) is 0 Å². The van der Waals surface area contributed by atoms with Gasteiger partial charge >= 0.3 is 6.03 Å². The summed E-state index contributed by atoms with van der Waals surface area (Å²) >= 11 is 0. The Bertz CT molecular complexity index is 690. The van der Waals surface area contributed by atoms with Crippen LogP contribution in [-0.4, -0.2) is 33.1 Å². The van der Waals surface area contributed by atoms with Crippen LogP contribution >= 0.6 is 0 Å². The number of carbonyl (C=O) groups excluding carboxylic acids is 1. The zero-order chi connectivity index (χ0) is 17.0. The van der Waals surface area contributed by atoms with Crippen LogP contribution in [0, 0.1) is 13.8 Å². The predicted octanol–water partition coefficient (Wildman–Crippen LogP) is 2.77. The number of nitrogens with one attached hydrogen (secondary N) is 2. The van der Waals surface area contributed by atoms with Gasteiger partial charge in [-0.25, -0.2) is 9.48 Å². The van der Waals surface area contributed by atoms with Crippen LogP contribution in [-0.2, 0) is 0 Å². The van der Waals surface area contributed by atoms with Crippen LogP contribution in [0.1, 0.15) is 31.7 Å². The minimum Gasteiger partial charge on any atom is -0.394 e. The van der Waals surface area contributed by atoms with Crippen molar-refractivity contribution >= 4 is 11.7 Å². The summed E-state index contributed by atoms with van der Waals surface area (Å²) in [6.07, 6.45) is 0.642. The highest BCUT2D eigenvalue weighted by Gasteiger charge is 2.23. The zero-order valence-electron chi connectivity index (χ0n) is 14.1. The number of rotatable bonds is 5. The van der Waals surface area contributed by atoms with Gasteiger partial charge in [-0.2, -0.15) is 5.10 Å². The smallest absolute Gasteiger partial charge is 0.319 e. The monoisotopic (exact) mass is 316 g/mol. The van der Waals surface area contributed by atoms with E-state index in [1.165, 1.54) is 0 Å². The maximum atomic E-state index is 12.1. The molecule has 2 amide bonds. The van der Waals surface area contributed by atoms with Crippen molar-refractivity contribution in [2.45, 2.75) is 39.7 Å². The Morgan fingerprint density at radius 1 is 1.35 bits per heavy atom. The summed E-state index contributed by atoms with van der Waals surface area (Å²) in [6.45, 7) is 7.54. The number of anilines is 1. The highest BCUT2D eigenvalue weighted by Crippen LogP contribution is 2.17. The molecule has 2 rings (SSSR count). The molecule has 0 spiro atoms. The summed E-state index contributed by atoms with van der Waals surface area (Å²) in [4.78, 5) is 12.1. The molecule has 0 saturated heterocycles. The molecular weight excluding hydrogens is 292 g/mol. The number of urea groups is 1. The van der Waals surface area contributed by atoms with Crippen molar-refractivity contribution < 1.29 is 9.90 Å². The van der Waals surface area contributed by atoms with E-state index in [1.54, 1.807) is 6.92 Å². The minimum atomic E-state index is -0.628. The molecule has 1 atom stereocenters. The molecule has 2 aromatic rings. The number of amides is 2. The molecule has 0 bridgehead atoms. The van der Waals surface area contributed by atoms with Crippen LogP contribution in [0.2, 0.25) is 0 Å². The summed E-state index contributed by atoms with van der Waals surface area (Å²) < 4.78 is 1.84. The molecule has 0 saturated carbocycles. The zero-order valence-corrected chi connectivity index (χ0v) is 14.1. The summed E-state index contributed by atoms with van der Waals surface area (Å²) in [6, 6.07) is 9.15. The SMILES string of the molecule is CCC(C)(CO)NC(=O)Nc1cccc(-n2nc(C)cc2C)c1. The van der Waals surface area contributed by atoms with Gasteiger partial charge in [-0.15, -0.1) is 0 Å². The average Bonchev–Trinajstić information content (AvgIpc) is 2.86. The number of aryl methyl sites for hydroxylation is 2. The van der Waals surface area contributed by atoms with Gasteiger partial charge in [-0.3, -0.25) is 0 Å². The maximum Gasteiger partial charge on any atom is 0.319 e. The molecule has 1 unspecified atom stereocenters. The summed E-state index contributed by atoms with van der Waals surface area (Å²) in [5.74, 6) is 0. The summed E-state index contributed by atoms with van der Waals surface area (Å²) in [5, 5.41) is 19.4. The topological polar surface area (TPSA) is 79.2 Å². The normalized spacial score (nSPS) is 13.4. The third-order valence-electron chi connectivity index (χ3n) is 3.90. The van der Waals surface area contributed by atoms with E-state index < -0.39 is 5.54 Å². The van der Waals surface area contributed by atoms with Gasteiger partial charge in [0.15, 0.2) is 0 Å². The van der Waals surface area contributed by atoms with Gasteiger partial charge in [0.1, 0.15) is 0 Å². The molecule has 1 aromatic heterocycles. The number of aliphatic hydroxyl groups is 1. The molecule has 3 N–H and O–H groups in total. The van der Waals surface area contributed by atoms with Gasteiger partial charge < -0.3 is 15.7 Å². The molecular formula is C17H24N4O2. The van der Waals surface area contributed by atoms with Gasteiger partial charge in [-0.05, 0) is 51.5 Å². The Morgan fingerprint density at radius 3 is 2.65 bits per heavy atom. The Hall–Kier alpha value is -2.34. The van der Waals surface area contributed by atoms with Gasteiger partial charge in [0.05, 0.1) is 23.5 Å². The molecule has 0 aliphatic rings. The quantitative estimate of drug-likeness (QED) is 0.793. The van der Waals surface area contributed by atoms with E-state index in [4.69, 9.17) is 0 Å². The van der Waals surface area contributed by atoms with Crippen molar-refractivity contribution in [2.75, 3.05) is 11.9 Å². The average molecular weight is 316 g/mol. The van der Waals surface area contributed by atoms with Gasteiger partial charge in [0.25, 0.3) is 0 Å². The fraction of sp³-hybridized carbons (Fsp3) is 0.412. The molecule has 1 aromatic carbocycles. The van der Waals surface area contributed by atoms with Gasteiger partial charge in [-0.1, -0.05) is 13.0 Å². The van der Waals surface area contributed by atoms with Crippen molar-refractivity contribution in [3.05, 3.63) is 41.7 Å². The molecule has 23 heavy (non-hydrogen) atoms. The lowest BCUT2D eigenvalue weighted by molar-refractivity contribution is 0.172. The Morgan fingerprint density at radius 2 is 2.09 bits per heavy atom. The molecule has 0 aliphatic heterocycles. The lowest BCUT2D eigenvalue weighted by Crippen LogP contribution is -2.50. The highest BCUT2D eigenvalue weighted by molar-refractivity contribution is 5.90. The Kier molecular flexibility index (Phi) is 5.05. The van der Waals surface area contributed by atoms with E-state index in [0.717, 1.165) is 17.1 Å². The van der Waals surface area contributed by atoms with Crippen LogP contribution in [0.25, 0.3) is 5.69 Å². The summed E-state index contributed by atoms with van der Waals surface area (Å²) in [7, 11) is 0. The maximum absolute atomic E-state index is 12.1. The number of hydrogen-bond acceptors (Lipinski definition) is 3. The first kappa shape index (κ1) is 17.0. The molecule has 0 radical (unpaired) electrons. The third kappa shape index (κ3) is 4.10. The molecule has 124 valence electrons. The number of aromatic nitrogens is 2. The van der Waals surface area contributed by atoms with E-state index in [0.29, 0.717) is 12.1 Å². The van der Waals surface area contributed by atoms with Crippen molar-refractivity contribution in [2.24, 2.45) is 0 Å². The van der Waals surface area contributed by atoms with Crippen LogP contribution in [0.15, 0.2) is 30.3 Å². The fourth-order valence-electron chi connectivity index (χ4n) is 2.28. The Balaban J connectivity index is 2.14. The number of carbonyl (C=O) groups is 1. The standard InChI is InChI=1S/C17H24N4O2/c1-5-17(4,11-22)19-16(23)18-14-7-6-8-15(10-14)21-13(3)9-12(2)20-21/h6-10,22H,5,11H2,1-4H3,(H2,18,19,23). The lowest BCUT2D eigenvalue weighted by atomic mass is 10.0. The van der Waals surface area contributed by atoms with Gasteiger partial charge in [0.2, 0.25) is 0 Å². The minimum absolute atomic E-state index is 0.108. The molecule has 0 aliphatic carbocycles. The predicted molar refractivity (Wildman–Crippen MR) is 91.0 cm³/mol. The first-order valence-corrected chi connectivity index (χ1v) is 7.70. The largest absolute Gasteiger partial charge is 0.394 e. The third-order valence-corrected chi connectivity index (χ3v) is 3.90. The van der Waals surface area contributed by atoms with Crippen LogP contribution in [0.4, 0.5) is 10.5 Å². The fourth-order valence-corrected chi connectivity index (χ4v) is 2.28. The number of benzene rings is 1. The number of nitrogens with zero attached hydrogens (tertiary/aromatic N) is 2. The lowest BCUT2D eigenvalue weighted by Gasteiger charge is -2.27. The van der Waals surface area contributed by atoms with Crippen molar-refractivity contribution in [1.29, 1.82) is 0 Å². The Labute approximate surface area is 136 Å². The number of aliphatic hydroxyl groups excluding tert-OH is 1. The second-order valence-corrected chi connectivity index (χ2v) is 6.04. The van der Waals surface area contributed by atoms with Crippen LogP contribution < -0.4 is 10.6 Å². The van der Waals surface area contributed by atoms with Crippen molar-refractivity contribution in [3.8, 4) is 5.69 Å². The molecule has 6 heteroatoms. The van der Waals surface area contributed by atoms with Crippen molar-refractivity contribution in [3.63, 3.8) is 0 Å². The highest BCUT2D eigenvalue weighted by atomic mass is 16.3. The van der Waals surface area contributed by atoms with Crippen molar-refractivity contribution in [1.82, 2.24) is 15.1 Å². The molecule has 0 fully saturated rings. The van der Waals surface area contributed by atoms with E-state index >= 15 is 0 Å². The molecule has 6 nitrogen and oxygen atoms in total. The van der Waals surface area contributed by atoms with E-state index in [1.807, 2.05) is 55.8 Å². The second kappa shape index (κ2) is 6.83. The van der Waals surface area contributed by atoms with E-state index in [9.17, 15) is 9.90 Å². The summed E-state index contributed by atoms with van der Waals surface area (Å²) in [5.41, 5.74) is 2.90. The first-order valence-electron chi connectivity index (χ1n) is 7.70. The van der Waals surface area contributed by atoms with Gasteiger partial charge in [0, 0.05) is 11.4 Å². The second-order valence-electron chi connectivity index (χ2n) is 6.04.